The second-order valence-electron chi connectivity index (χ2n) is 2.89. The summed E-state index contributed by atoms with van der Waals surface area (Å²) >= 11 is 0. The van der Waals surface area contributed by atoms with Gasteiger partial charge in [0.1, 0.15) is 0 Å². The molecule has 0 fully saturated rings. The van der Waals surface area contributed by atoms with Gasteiger partial charge in [0.05, 0.1) is 12.4 Å². The first kappa shape index (κ1) is 6.66. The van der Waals surface area contributed by atoms with Gasteiger partial charge in [-0.1, -0.05) is 13.8 Å². The van der Waals surface area contributed by atoms with Crippen molar-refractivity contribution in [1.82, 2.24) is 0 Å². The van der Waals surface area contributed by atoms with Crippen LogP contribution in [0.15, 0.2) is 12.3 Å². The number of hydrogen-bond acceptors (Lipinski definition) is 1. The van der Waals surface area contributed by atoms with Gasteiger partial charge in [-0.3, -0.25) is 0 Å². The summed E-state index contributed by atoms with van der Waals surface area (Å²) < 4.78 is 5.28. The number of rotatable bonds is 0. The Bertz CT molecular complexity index is 118. The van der Waals surface area contributed by atoms with Gasteiger partial charge in [0, 0.05) is 0 Å². The molecule has 1 heterocycles. The van der Waals surface area contributed by atoms with Crippen molar-refractivity contribution in [3.63, 3.8) is 0 Å². The van der Waals surface area contributed by atoms with Crippen molar-refractivity contribution in [2.24, 2.45) is 11.8 Å². The molecule has 1 heteroatoms. The number of allylic oxidation sites excluding steroid dienone is 1. The Morgan fingerprint density at radius 2 is 1.89 bits per heavy atom. The van der Waals surface area contributed by atoms with E-state index in [9.17, 15) is 0 Å². The van der Waals surface area contributed by atoms with Gasteiger partial charge >= 0.3 is 0 Å². The molecule has 0 aliphatic carbocycles. The highest BCUT2D eigenvalue weighted by Gasteiger charge is 2.20. The summed E-state index contributed by atoms with van der Waals surface area (Å²) in [5.74, 6) is 1.34. The Hall–Kier alpha value is -0.460. The fourth-order valence-corrected chi connectivity index (χ4v) is 1.02. The molecule has 52 valence electrons. The summed E-state index contributed by atoms with van der Waals surface area (Å²) in [4.78, 5) is 0. The molecule has 0 saturated carbocycles. The zero-order valence-electron chi connectivity index (χ0n) is 6.29. The fraction of sp³-hybridized carbons (Fsp3) is 0.750. The Morgan fingerprint density at radius 3 is 2.33 bits per heavy atom. The van der Waals surface area contributed by atoms with Crippen LogP contribution in [0.2, 0.25) is 0 Å². The van der Waals surface area contributed by atoms with Gasteiger partial charge in [0.2, 0.25) is 0 Å². The van der Waals surface area contributed by atoms with Crippen molar-refractivity contribution < 1.29 is 4.74 Å². The second kappa shape index (κ2) is 2.42. The van der Waals surface area contributed by atoms with Crippen LogP contribution in [0.5, 0.6) is 0 Å². The first-order chi connectivity index (χ1) is 4.22. The molecule has 0 amide bonds. The highest BCUT2D eigenvalue weighted by molar-refractivity contribution is 4.90. The fourth-order valence-electron chi connectivity index (χ4n) is 1.02. The Labute approximate surface area is 56.7 Å². The Kier molecular flexibility index (Phi) is 1.79. The van der Waals surface area contributed by atoms with Gasteiger partial charge < -0.3 is 4.74 Å². The summed E-state index contributed by atoms with van der Waals surface area (Å²) in [6.45, 7) is 6.56. The van der Waals surface area contributed by atoms with Gasteiger partial charge in [0.15, 0.2) is 0 Å². The predicted molar refractivity (Wildman–Crippen MR) is 38.0 cm³/mol. The molecule has 1 nitrogen and oxygen atoms in total. The van der Waals surface area contributed by atoms with Crippen LogP contribution in [-0.2, 0) is 4.74 Å². The molecule has 1 aliphatic rings. The molecule has 2 unspecified atom stereocenters. The minimum absolute atomic E-state index is 0.394. The maximum atomic E-state index is 5.28. The molecular weight excluding hydrogens is 112 g/mol. The van der Waals surface area contributed by atoms with E-state index in [1.165, 1.54) is 0 Å². The van der Waals surface area contributed by atoms with E-state index >= 15 is 0 Å². The standard InChI is InChI=1S/C8H14O/c1-6-4-5-9-8(3)7(6)2/h4-8H,1-3H3/t6?,7-,8?/m0/s1. The van der Waals surface area contributed by atoms with Crippen molar-refractivity contribution in [3.8, 4) is 0 Å². The highest BCUT2D eigenvalue weighted by Crippen LogP contribution is 2.22. The molecule has 0 aromatic rings. The average molecular weight is 126 g/mol. The van der Waals surface area contributed by atoms with Crippen LogP contribution in [0.1, 0.15) is 20.8 Å². The summed E-state index contributed by atoms with van der Waals surface area (Å²) in [6, 6.07) is 0. The lowest BCUT2D eigenvalue weighted by Gasteiger charge is -2.27. The van der Waals surface area contributed by atoms with Crippen LogP contribution in [0.4, 0.5) is 0 Å². The highest BCUT2D eigenvalue weighted by atomic mass is 16.5. The molecule has 3 atom stereocenters. The largest absolute Gasteiger partial charge is 0.498 e. The Morgan fingerprint density at radius 1 is 1.22 bits per heavy atom. The van der Waals surface area contributed by atoms with Crippen LogP contribution < -0.4 is 0 Å². The van der Waals surface area contributed by atoms with E-state index in [1.54, 1.807) is 0 Å². The summed E-state index contributed by atoms with van der Waals surface area (Å²) in [7, 11) is 0. The lowest BCUT2D eigenvalue weighted by Crippen LogP contribution is -2.24. The predicted octanol–water partition coefficient (Wildman–Crippen LogP) is 2.19. The molecular formula is C8H14O. The van der Waals surface area contributed by atoms with Crippen LogP contribution in [0.3, 0.4) is 0 Å². The van der Waals surface area contributed by atoms with Gasteiger partial charge in [0.25, 0.3) is 0 Å². The maximum Gasteiger partial charge on any atom is 0.0981 e. The second-order valence-corrected chi connectivity index (χ2v) is 2.89. The monoisotopic (exact) mass is 126 g/mol. The van der Waals surface area contributed by atoms with E-state index in [0.29, 0.717) is 17.9 Å². The van der Waals surface area contributed by atoms with Crippen molar-refractivity contribution in [2.75, 3.05) is 0 Å². The summed E-state index contributed by atoms with van der Waals surface area (Å²) in [6.07, 6.45) is 4.32. The van der Waals surface area contributed by atoms with Crippen molar-refractivity contribution in [2.45, 2.75) is 26.9 Å². The van der Waals surface area contributed by atoms with E-state index < -0.39 is 0 Å². The van der Waals surface area contributed by atoms with E-state index in [4.69, 9.17) is 4.74 Å². The van der Waals surface area contributed by atoms with E-state index in [0.717, 1.165) is 0 Å². The third kappa shape index (κ3) is 1.26. The molecule has 0 aromatic heterocycles. The van der Waals surface area contributed by atoms with Crippen LogP contribution >= 0.6 is 0 Å². The molecule has 1 rings (SSSR count). The van der Waals surface area contributed by atoms with Crippen LogP contribution in [0.25, 0.3) is 0 Å². The van der Waals surface area contributed by atoms with Crippen molar-refractivity contribution in [3.05, 3.63) is 12.3 Å². The minimum Gasteiger partial charge on any atom is -0.498 e. The molecule has 0 aromatic carbocycles. The van der Waals surface area contributed by atoms with E-state index in [1.807, 2.05) is 6.26 Å². The van der Waals surface area contributed by atoms with Gasteiger partial charge in [-0.15, -0.1) is 0 Å². The van der Waals surface area contributed by atoms with Gasteiger partial charge in [-0.25, -0.2) is 0 Å². The lowest BCUT2D eigenvalue weighted by atomic mass is 9.90. The van der Waals surface area contributed by atoms with Gasteiger partial charge in [-0.05, 0) is 24.8 Å². The molecule has 9 heavy (non-hydrogen) atoms. The zero-order chi connectivity index (χ0) is 6.85. The molecule has 0 N–H and O–H groups in total. The van der Waals surface area contributed by atoms with Crippen molar-refractivity contribution in [1.29, 1.82) is 0 Å². The maximum absolute atomic E-state index is 5.28. The number of ether oxygens (including phenoxy) is 1. The zero-order valence-corrected chi connectivity index (χ0v) is 6.29. The van der Waals surface area contributed by atoms with Crippen LogP contribution in [0, 0.1) is 11.8 Å². The van der Waals surface area contributed by atoms with Crippen LogP contribution in [-0.4, -0.2) is 6.10 Å². The molecule has 0 bridgehead atoms. The first-order valence-electron chi connectivity index (χ1n) is 3.54. The molecule has 0 saturated heterocycles. The Balaban J connectivity index is 2.58. The average Bonchev–Trinajstić information content (AvgIpc) is 1.83. The smallest absolute Gasteiger partial charge is 0.0981 e. The molecule has 0 radical (unpaired) electrons. The lowest BCUT2D eigenvalue weighted by molar-refractivity contribution is 0.0742. The first-order valence-corrected chi connectivity index (χ1v) is 3.54. The normalized spacial score (nSPS) is 42.3. The quantitative estimate of drug-likeness (QED) is 0.483. The molecule has 1 aliphatic heterocycles. The van der Waals surface area contributed by atoms with Gasteiger partial charge in [-0.2, -0.15) is 0 Å². The van der Waals surface area contributed by atoms with Crippen molar-refractivity contribution >= 4 is 0 Å². The third-order valence-corrected chi connectivity index (χ3v) is 2.25. The number of hydrogen-bond donors (Lipinski definition) is 0. The third-order valence-electron chi connectivity index (χ3n) is 2.25. The van der Waals surface area contributed by atoms with E-state index in [-0.39, 0.29) is 0 Å². The van der Waals surface area contributed by atoms with E-state index in [2.05, 4.69) is 26.8 Å². The molecule has 0 spiro atoms. The summed E-state index contributed by atoms with van der Waals surface area (Å²) in [5, 5.41) is 0. The summed E-state index contributed by atoms with van der Waals surface area (Å²) in [5.41, 5.74) is 0. The topological polar surface area (TPSA) is 9.23 Å². The minimum atomic E-state index is 0.394. The SMILES string of the molecule is CC1C=COC(C)[C@H]1C.